The van der Waals surface area contributed by atoms with Crippen molar-refractivity contribution in [2.45, 2.75) is 49.1 Å². The van der Waals surface area contributed by atoms with Crippen LogP contribution in [0.15, 0.2) is 146 Å². The van der Waals surface area contributed by atoms with Gasteiger partial charge in [0, 0.05) is 0 Å². The second-order valence-corrected chi connectivity index (χ2v) is 11.2. The van der Waals surface area contributed by atoms with Crippen LogP contribution in [0, 0.1) is 0 Å². The molecule has 6 rings (SSSR count). The van der Waals surface area contributed by atoms with Crippen molar-refractivity contribution in [3.63, 3.8) is 0 Å². The number of rotatable bonds is 12. The van der Waals surface area contributed by atoms with E-state index in [1.54, 1.807) is 6.08 Å². The molecule has 4 aromatic carbocycles. The van der Waals surface area contributed by atoms with Crippen LogP contribution in [0.4, 0.5) is 0 Å². The molecular weight excluding hydrogens is 548 g/mol. The summed E-state index contributed by atoms with van der Waals surface area (Å²) in [5, 5.41) is 0. The standard InChI is InChI=1S/C39H40O5/c1-2-26-40-37-35(44-34-25-15-16-27-41-36(34)38(37)42-28-30-17-7-3-8-18-30)29-43-39(31-19-9-4-10-20-31,32-21-11-5-12-22-32)33-23-13-6-14-24-33/h2-24,34-38H,1,25-29H2/t34-,35+,36-,37+,38+/m0/s1. The van der Waals surface area contributed by atoms with Gasteiger partial charge in [0.2, 0.25) is 0 Å². The highest BCUT2D eigenvalue weighted by Crippen LogP contribution is 2.42. The van der Waals surface area contributed by atoms with Crippen LogP contribution < -0.4 is 0 Å². The van der Waals surface area contributed by atoms with Crippen LogP contribution in [0.3, 0.4) is 0 Å². The molecule has 0 aliphatic carbocycles. The molecule has 2 aliphatic rings. The molecule has 226 valence electrons. The summed E-state index contributed by atoms with van der Waals surface area (Å²) in [4.78, 5) is 0. The van der Waals surface area contributed by atoms with Crippen molar-refractivity contribution >= 4 is 0 Å². The first kappa shape index (κ1) is 30.2. The van der Waals surface area contributed by atoms with Gasteiger partial charge in [0.25, 0.3) is 0 Å². The third-order valence-corrected chi connectivity index (χ3v) is 8.35. The van der Waals surface area contributed by atoms with E-state index in [0.29, 0.717) is 19.8 Å². The zero-order valence-electron chi connectivity index (χ0n) is 24.9. The molecule has 2 aliphatic heterocycles. The largest absolute Gasteiger partial charge is 0.369 e. The van der Waals surface area contributed by atoms with Crippen molar-refractivity contribution < 1.29 is 23.7 Å². The SMILES string of the molecule is C=CCO[C@H]1[C@H](OCc2ccccc2)[C@H]2OCC=CC[C@@H]2O[C@@H]1COC(c1ccccc1)(c1ccccc1)c1ccccc1. The van der Waals surface area contributed by atoms with Gasteiger partial charge in [-0.15, -0.1) is 6.58 Å². The molecule has 44 heavy (non-hydrogen) atoms. The Labute approximate surface area is 260 Å². The smallest absolute Gasteiger partial charge is 0.143 e. The van der Waals surface area contributed by atoms with Crippen molar-refractivity contribution in [1.29, 1.82) is 0 Å². The Balaban J connectivity index is 1.37. The van der Waals surface area contributed by atoms with E-state index in [4.69, 9.17) is 23.7 Å². The average Bonchev–Trinajstić information content (AvgIpc) is 3.34. The molecule has 5 heteroatoms. The molecule has 5 nitrogen and oxygen atoms in total. The summed E-state index contributed by atoms with van der Waals surface area (Å²) in [6.45, 7) is 5.47. The van der Waals surface area contributed by atoms with Crippen LogP contribution >= 0.6 is 0 Å². The van der Waals surface area contributed by atoms with Gasteiger partial charge >= 0.3 is 0 Å². The average molecular weight is 589 g/mol. The van der Waals surface area contributed by atoms with Gasteiger partial charge in [-0.25, -0.2) is 0 Å². The van der Waals surface area contributed by atoms with Crippen molar-refractivity contribution in [3.05, 3.63) is 168 Å². The maximum absolute atomic E-state index is 7.21. The Hall–Kier alpha value is -3.84. The quantitative estimate of drug-likeness (QED) is 0.129. The predicted octanol–water partition coefficient (Wildman–Crippen LogP) is 7.26. The Morgan fingerprint density at radius 2 is 1.27 bits per heavy atom. The minimum Gasteiger partial charge on any atom is -0.369 e. The molecule has 2 heterocycles. The molecule has 0 radical (unpaired) electrons. The van der Waals surface area contributed by atoms with E-state index >= 15 is 0 Å². The van der Waals surface area contributed by atoms with E-state index in [1.807, 2.05) is 42.5 Å². The van der Waals surface area contributed by atoms with Gasteiger partial charge in [-0.1, -0.05) is 140 Å². The molecule has 0 unspecified atom stereocenters. The fraction of sp³-hybridized carbons (Fsp3) is 0.282. The van der Waals surface area contributed by atoms with Crippen LogP contribution in [0.5, 0.6) is 0 Å². The first-order valence-electron chi connectivity index (χ1n) is 15.4. The summed E-state index contributed by atoms with van der Waals surface area (Å²) in [6, 6.07) is 41.4. The highest BCUT2D eigenvalue weighted by atomic mass is 16.6. The maximum Gasteiger partial charge on any atom is 0.143 e. The van der Waals surface area contributed by atoms with Crippen molar-refractivity contribution in [2.24, 2.45) is 0 Å². The summed E-state index contributed by atoms with van der Waals surface area (Å²) in [7, 11) is 0. The van der Waals surface area contributed by atoms with Crippen LogP contribution in [-0.2, 0) is 35.9 Å². The summed E-state index contributed by atoms with van der Waals surface area (Å²) in [6.07, 6.45) is 4.92. The van der Waals surface area contributed by atoms with Gasteiger partial charge in [0.1, 0.15) is 30.0 Å². The van der Waals surface area contributed by atoms with Crippen molar-refractivity contribution in [2.75, 3.05) is 19.8 Å². The molecule has 0 aromatic heterocycles. The van der Waals surface area contributed by atoms with Crippen molar-refractivity contribution in [3.8, 4) is 0 Å². The minimum atomic E-state index is -0.882. The zero-order valence-corrected chi connectivity index (χ0v) is 24.9. The lowest BCUT2D eigenvalue weighted by Gasteiger charge is -2.46. The molecule has 1 saturated heterocycles. The lowest BCUT2D eigenvalue weighted by molar-refractivity contribution is -0.265. The van der Waals surface area contributed by atoms with Gasteiger partial charge in [0.05, 0.1) is 32.5 Å². The predicted molar refractivity (Wildman–Crippen MR) is 172 cm³/mol. The monoisotopic (exact) mass is 588 g/mol. The summed E-state index contributed by atoms with van der Waals surface area (Å²) in [5.41, 5.74) is 3.31. The van der Waals surface area contributed by atoms with E-state index in [0.717, 1.165) is 28.7 Å². The third-order valence-electron chi connectivity index (χ3n) is 8.35. The molecular formula is C39H40O5. The van der Waals surface area contributed by atoms with E-state index in [9.17, 15) is 0 Å². The molecule has 5 atom stereocenters. The number of hydrogen-bond acceptors (Lipinski definition) is 5. The number of hydrogen-bond donors (Lipinski definition) is 0. The number of ether oxygens (including phenoxy) is 5. The highest BCUT2D eigenvalue weighted by molar-refractivity contribution is 5.47. The third kappa shape index (κ3) is 6.63. The normalized spacial score (nSPS) is 23.4. The van der Waals surface area contributed by atoms with E-state index < -0.39 is 17.8 Å². The second kappa shape index (κ2) is 14.8. The van der Waals surface area contributed by atoms with Crippen LogP contribution in [0.1, 0.15) is 28.7 Å². The van der Waals surface area contributed by atoms with Gasteiger partial charge in [0.15, 0.2) is 0 Å². The molecule has 0 bridgehead atoms. The number of benzene rings is 4. The van der Waals surface area contributed by atoms with Gasteiger partial charge in [-0.05, 0) is 28.7 Å². The van der Waals surface area contributed by atoms with E-state index in [2.05, 4.69) is 97.6 Å². The summed E-state index contributed by atoms with van der Waals surface area (Å²) >= 11 is 0. The first-order valence-corrected chi connectivity index (χ1v) is 15.4. The Morgan fingerprint density at radius 3 is 1.84 bits per heavy atom. The van der Waals surface area contributed by atoms with E-state index in [1.165, 1.54) is 0 Å². The molecule has 4 aromatic rings. The zero-order chi connectivity index (χ0) is 30.0. The topological polar surface area (TPSA) is 46.2 Å². The van der Waals surface area contributed by atoms with Crippen LogP contribution in [-0.4, -0.2) is 50.3 Å². The van der Waals surface area contributed by atoms with Crippen LogP contribution in [0.25, 0.3) is 0 Å². The Kier molecular flexibility index (Phi) is 10.1. The fourth-order valence-electron chi connectivity index (χ4n) is 6.29. The fourth-order valence-corrected chi connectivity index (χ4v) is 6.29. The van der Waals surface area contributed by atoms with Gasteiger partial charge in [-0.2, -0.15) is 0 Å². The van der Waals surface area contributed by atoms with Crippen LogP contribution in [0.2, 0.25) is 0 Å². The molecule has 0 N–H and O–H groups in total. The van der Waals surface area contributed by atoms with E-state index in [-0.39, 0.29) is 24.9 Å². The van der Waals surface area contributed by atoms with Gasteiger partial charge in [-0.3, -0.25) is 0 Å². The first-order chi connectivity index (χ1) is 21.8. The Morgan fingerprint density at radius 1 is 0.705 bits per heavy atom. The second-order valence-electron chi connectivity index (χ2n) is 11.2. The summed E-state index contributed by atoms with van der Waals surface area (Å²) in [5.74, 6) is 0. The molecule has 0 saturated carbocycles. The maximum atomic E-state index is 7.21. The molecule has 1 fully saturated rings. The molecule has 0 spiro atoms. The summed E-state index contributed by atoms with van der Waals surface area (Å²) < 4.78 is 33.5. The van der Waals surface area contributed by atoms with Crippen molar-refractivity contribution in [1.82, 2.24) is 0 Å². The minimum absolute atomic E-state index is 0.203. The van der Waals surface area contributed by atoms with Gasteiger partial charge < -0.3 is 23.7 Å². The number of fused-ring (bicyclic) bond motifs is 1. The molecule has 0 amide bonds. The lowest BCUT2D eigenvalue weighted by atomic mass is 9.80. The highest BCUT2D eigenvalue weighted by Gasteiger charge is 2.49. The Bertz CT molecular complexity index is 1360. The lowest BCUT2D eigenvalue weighted by Crippen LogP contribution is -2.61.